The molecule has 2 bridgehead atoms. The molecular weight excluding hydrogens is 322 g/mol. The van der Waals surface area contributed by atoms with E-state index >= 15 is 0 Å². The highest BCUT2D eigenvalue weighted by Gasteiger charge is 2.33. The molecule has 1 unspecified atom stereocenters. The monoisotopic (exact) mass is 350 g/mol. The molecule has 0 spiro atoms. The van der Waals surface area contributed by atoms with Gasteiger partial charge >= 0.3 is 5.91 Å². The van der Waals surface area contributed by atoms with E-state index in [9.17, 15) is 4.79 Å². The number of rotatable bonds is 2. The number of hydrogen-bond acceptors (Lipinski definition) is 2. The number of carbonyl (C=O) groups is 1. The first-order valence-corrected chi connectivity index (χ1v) is 9.38. The smallest absolute Gasteiger partial charge is 0.318 e. The van der Waals surface area contributed by atoms with Gasteiger partial charge in [-0.25, -0.2) is 9.28 Å². The number of aryl methyl sites for hydroxylation is 1. The van der Waals surface area contributed by atoms with E-state index in [1.165, 1.54) is 11.1 Å². The average molecular weight is 350 g/mol. The molecule has 3 rings (SSSR count). The van der Waals surface area contributed by atoms with Gasteiger partial charge in [0.05, 0.1) is 27.1 Å². The third-order valence-corrected chi connectivity index (χ3v) is 5.30. The lowest BCUT2D eigenvalue weighted by atomic mass is 10.0. The Morgan fingerprint density at radius 1 is 0.962 bits per heavy atom. The molecule has 1 amide bonds. The van der Waals surface area contributed by atoms with Gasteiger partial charge in [0.15, 0.2) is 0 Å². The summed E-state index contributed by atoms with van der Waals surface area (Å²) in [6, 6.07) is 16.6. The third-order valence-electron chi connectivity index (χ3n) is 5.30. The van der Waals surface area contributed by atoms with Crippen LogP contribution in [0.3, 0.4) is 0 Å². The summed E-state index contributed by atoms with van der Waals surface area (Å²) in [7, 11) is 3.70. The van der Waals surface area contributed by atoms with Crippen LogP contribution in [0.25, 0.3) is 0 Å². The molecule has 0 radical (unpaired) electrons. The standard InChI is InChI=1S/C23H28NO2/c1-24(21-13-15-22(26-2)16-14-21)17-5-3-4-8-19-9-6-10-20(18-19)11-7-12-23(24)25/h3-4,6,9-10,13-16,18H,5,7-8,11-12,17H2,1-2H3/q+1/b4-3+. The van der Waals surface area contributed by atoms with Gasteiger partial charge in [-0.2, -0.15) is 0 Å². The molecule has 136 valence electrons. The SMILES string of the molecule is COc1ccc([N+]2(C)CC/C=C/Cc3cccc(c3)CCCC2=O)cc1. The quantitative estimate of drug-likeness (QED) is 0.580. The highest BCUT2D eigenvalue weighted by Crippen LogP contribution is 2.27. The Bertz CT molecular complexity index is 779. The molecule has 3 nitrogen and oxygen atoms in total. The van der Waals surface area contributed by atoms with E-state index in [0.717, 1.165) is 43.7 Å². The molecule has 26 heavy (non-hydrogen) atoms. The number of ether oxygens (including phenoxy) is 1. The molecule has 0 aliphatic carbocycles. The lowest BCUT2D eigenvalue weighted by Gasteiger charge is -2.31. The van der Waals surface area contributed by atoms with Crippen LogP contribution in [0.15, 0.2) is 60.7 Å². The number of hydrogen-bond donors (Lipinski definition) is 0. The first-order valence-electron chi connectivity index (χ1n) is 9.38. The van der Waals surface area contributed by atoms with Crippen LogP contribution in [-0.2, 0) is 17.6 Å². The van der Waals surface area contributed by atoms with Gasteiger partial charge < -0.3 is 4.74 Å². The van der Waals surface area contributed by atoms with Crippen LogP contribution in [0.4, 0.5) is 5.69 Å². The van der Waals surface area contributed by atoms with E-state index in [1.807, 2.05) is 31.3 Å². The van der Waals surface area contributed by atoms with Gasteiger partial charge in [0, 0.05) is 18.6 Å². The third kappa shape index (κ3) is 4.23. The summed E-state index contributed by atoms with van der Waals surface area (Å²) in [4.78, 5) is 13.1. The molecule has 2 aromatic carbocycles. The molecule has 0 aromatic heterocycles. The van der Waals surface area contributed by atoms with Crippen molar-refractivity contribution in [1.29, 1.82) is 0 Å². The largest absolute Gasteiger partial charge is 0.497 e. The van der Waals surface area contributed by atoms with Crippen molar-refractivity contribution >= 4 is 11.6 Å². The van der Waals surface area contributed by atoms with Crippen LogP contribution in [0.5, 0.6) is 5.75 Å². The van der Waals surface area contributed by atoms with Gasteiger partial charge in [-0.3, -0.25) is 0 Å². The predicted octanol–water partition coefficient (Wildman–Crippen LogP) is 4.68. The molecule has 3 heteroatoms. The zero-order valence-electron chi connectivity index (χ0n) is 15.8. The van der Waals surface area contributed by atoms with Gasteiger partial charge in [-0.1, -0.05) is 36.4 Å². The van der Waals surface area contributed by atoms with Crippen molar-refractivity contribution in [2.75, 3.05) is 20.7 Å². The number of fused-ring (bicyclic) bond motifs is 2. The number of nitrogens with zero attached hydrogens (tertiary/aromatic N) is 1. The number of quaternary nitrogens is 1. The van der Waals surface area contributed by atoms with Crippen molar-refractivity contribution in [2.24, 2.45) is 0 Å². The zero-order chi connectivity index (χ0) is 18.4. The van der Waals surface area contributed by atoms with E-state index in [4.69, 9.17) is 4.74 Å². The van der Waals surface area contributed by atoms with Crippen molar-refractivity contribution in [3.63, 3.8) is 0 Å². The van der Waals surface area contributed by atoms with E-state index < -0.39 is 0 Å². The van der Waals surface area contributed by atoms with Crippen molar-refractivity contribution in [1.82, 2.24) is 4.48 Å². The van der Waals surface area contributed by atoms with Crippen molar-refractivity contribution in [3.05, 3.63) is 71.8 Å². The second kappa shape index (κ2) is 8.33. The Morgan fingerprint density at radius 3 is 2.50 bits per heavy atom. The summed E-state index contributed by atoms with van der Waals surface area (Å²) in [6.07, 6.45) is 8.70. The van der Waals surface area contributed by atoms with Crippen molar-refractivity contribution < 1.29 is 9.53 Å². The second-order valence-corrected chi connectivity index (χ2v) is 7.14. The van der Waals surface area contributed by atoms with Crippen LogP contribution < -0.4 is 9.22 Å². The topological polar surface area (TPSA) is 26.3 Å². The average Bonchev–Trinajstić information content (AvgIpc) is 2.68. The predicted molar refractivity (Wildman–Crippen MR) is 107 cm³/mol. The molecule has 1 aliphatic rings. The molecule has 1 atom stereocenters. The summed E-state index contributed by atoms with van der Waals surface area (Å²) in [5.74, 6) is 1.09. The Morgan fingerprint density at radius 2 is 1.73 bits per heavy atom. The van der Waals surface area contributed by atoms with Gasteiger partial charge in [0.1, 0.15) is 11.4 Å². The summed E-state index contributed by atoms with van der Waals surface area (Å²) >= 11 is 0. The highest BCUT2D eigenvalue weighted by molar-refractivity contribution is 5.88. The number of methoxy groups -OCH3 is 1. The van der Waals surface area contributed by atoms with Gasteiger partial charge in [0.2, 0.25) is 0 Å². The second-order valence-electron chi connectivity index (χ2n) is 7.14. The maximum absolute atomic E-state index is 13.1. The molecule has 0 saturated carbocycles. The fraction of sp³-hybridized carbons (Fsp3) is 0.348. The van der Waals surface area contributed by atoms with E-state index in [2.05, 4.69) is 36.4 Å². The van der Waals surface area contributed by atoms with Gasteiger partial charge in [-0.05, 0) is 42.5 Å². The molecule has 1 aliphatic heterocycles. The van der Waals surface area contributed by atoms with Crippen LogP contribution in [0, 0.1) is 0 Å². The minimum atomic E-state index is 0.277. The summed E-state index contributed by atoms with van der Waals surface area (Å²) in [6.45, 7) is 0.777. The summed E-state index contributed by atoms with van der Waals surface area (Å²) < 4.78 is 5.60. The van der Waals surface area contributed by atoms with Crippen LogP contribution in [0.2, 0.25) is 0 Å². The Balaban J connectivity index is 1.84. The summed E-state index contributed by atoms with van der Waals surface area (Å²) in [5.41, 5.74) is 3.69. The Kier molecular flexibility index (Phi) is 5.89. The fourth-order valence-corrected chi connectivity index (χ4v) is 3.58. The molecule has 0 fully saturated rings. The lowest BCUT2D eigenvalue weighted by Crippen LogP contribution is -2.51. The Labute approximate surface area is 156 Å². The number of allylic oxidation sites excluding steroid dienone is 1. The minimum absolute atomic E-state index is 0.277. The molecule has 0 N–H and O–H groups in total. The maximum atomic E-state index is 13.1. The first kappa shape index (κ1) is 18.4. The molecule has 1 heterocycles. The maximum Gasteiger partial charge on any atom is 0.318 e. The molecular formula is C23H28NO2+. The van der Waals surface area contributed by atoms with Gasteiger partial charge in [0.25, 0.3) is 0 Å². The van der Waals surface area contributed by atoms with E-state index in [-0.39, 0.29) is 5.91 Å². The number of benzene rings is 2. The molecule has 2 aromatic rings. The number of amides is 1. The number of carbonyl (C=O) groups excluding carboxylic acids is 1. The first-order chi connectivity index (χ1) is 12.6. The van der Waals surface area contributed by atoms with Gasteiger partial charge in [-0.15, -0.1) is 0 Å². The molecule has 0 saturated heterocycles. The van der Waals surface area contributed by atoms with E-state index in [1.54, 1.807) is 7.11 Å². The summed E-state index contributed by atoms with van der Waals surface area (Å²) in [5, 5.41) is 0. The minimum Gasteiger partial charge on any atom is -0.497 e. The normalized spacial score (nSPS) is 22.6. The fourth-order valence-electron chi connectivity index (χ4n) is 3.58. The van der Waals surface area contributed by atoms with Crippen LogP contribution in [-0.4, -0.2) is 26.6 Å². The van der Waals surface area contributed by atoms with Crippen LogP contribution in [0.1, 0.15) is 30.4 Å². The van der Waals surface area contributed by atoms with Crippen LogP contribution >= 0.6 is 0 Å². The Hall–Kier alpha value is -2.39. The van der Waals surface area contributed by atoms with Crippen molar-refractivity contribution in [2.45, 2.75) is 32.1 Å². The van der Waals surface area contributed by atoms with Crippen molar-refractivity contribution in [3.8, 4) is 5.75 Å². The lowest BCUT2D eigenvalue weighted by molar-refractivity contribution is -0.129. The zero-order valence-corrected chi connectivity index (χ0v) is 15.8. The highest BCUT2D eigenvalue weighted by atomic mass is 16.5. The van der Waals surface area contributed by atoms with E-state index in [0.29, 0.717) is 10.9 Å².